The minimum Gasteiger partial charge on any atom is -0.386 e. The highest BCUT2D eigenvalue weighted by molar-refractivity contribution is 7.86. The fourth-order valence-corrected chi connectivity index (χ4v) is 7.27. The number of aryl methyl sites for hydroxylation is 1. The van der Waals surface area contributed by atoms with Gasteiger partial charge in [0.2, 0.25) is 0 Å². The molecule has 2 amide bonds. The van der Waals surface area contributed by atoms with Crippen molar-refractivity contribution in [3.63, 3.8) is 0 Å². The molecule has 3 N–H and O–H groups in total. The van der Waals surface area contributed by atoms with E-state index in [1.807, 2.05) is 12.3 Å². The van der Waals surface area contributed by atoms with Crippen molar-refractivity contribution in [2.24, 2.45) is 0 Å². The number of pyridine rings is 1. The Morgan fingerprint density at radius 3 is 2.74 bits per heavy atom. The number of benzene rings is 1. The summed E-state index contributed by atoms with van der Waals surface area (Å²) < 4.78 is 18.2. The normalized spacial score (nSPS) is 14.9. The van der Waals surface area contributed by atoms with Gasteiger partial charge in [-0.15, -0.1) is 11.3 Å². The number of fused-ring (bicyclic) bond motifs is 2. The van der Waals surface area contributed by atoms with Crippen molar-refractivity contribution >= 4 is 45.1 Å². The fraction of sp³-hybridized carbons (Fsp3) is 0.379. The number of urea groups is 1. The highest BCUT2D eigenvalue weighted by atomic mass is 32.2. The Bertz CT molecular complexity index is 1550. The van der Waals surface area contributed by atoms with E-state index in [4.69, 9.17) is 4.98 Å². The molecule has 0 radical (unpaired) electrons. The van der Waals surface area contributed by atoms with Crippen LogP contribution >= 0.6 is 11.3 Å². The zero-order valence-corrected chi connectivity index (χ0v) is 24.6. The molecule has 0 bridgehead atoms. The molecule has 0 fully saturated rings. The summed E-state index contributed by atoms with van der Waals surface area (Å²) in [6.45, 7) is 6.41. The topological polar surface area (TPSA) is 99.5 Å². The predicted molar refractivity (Wildman–Crippen MR) is 159 cm³/mol. The summed E-state index contributed by atoms with van der Waals surface area (Å²) in [4.78, 5) is 20.0. The number of rotatable bonds is 8. The molecule has 1 aromatic carbocycles. The first-order chi connectivity index (χ1) is 18.5. The summed E-state index contributed by atoms with van der Waals surface area (Å²) in [5, 5.41) is 16.1. The number of aliphatic hydroxyl groups is 1. The molecule has 1 aliphatic rings. The molecule has 0 saturated heterocycles. The lowest BCUT2D eigenvalue weighted by Gasteiger charge is -2.20. The van der Waals surface area contributed by atoms with Gasteiger partial charge in [-0.2, -0.15) is 0 Å². The molecule has 10 heteroatoms. The van der Waals surface area contributed by atoms with Crippen LogP contribution in [-0.4, -0.2) is 50.4 Å². The Kier molecular flexibility index (Phi) is 7.65. The Morgan fingerprint density at radius 1 is 1.23 bits per heavy atom. The monoisotopic (exact) mass is 565 g/mol. The van der Waals surface area contributed by atoms with Gasteiger partial charge in [0.05, 0.1) is 11.3 Å². The van der Waals surface area contributed by atoms with Gasteiger partial charge in [-0.1, -0.05) is 12.1 Å². The fourth-order valence-electron chi connectivity index (χ4n) is 5.31. The van der Waals surface area contributed by atoms with Crippen LogP contribution in [-0.2, 0) is 29.4 Å². The number of hydrogen-bond acceptors (Lipinski definition) is 6. The average Bonchev–Trinajstić information content (AvgIpc) is 3.62. The second-order valence-electron chi connectivity index (χ2n) is 10.9. The molecule has 0 aliphatic heterocycles. The van der Waals surface area contributed by atoms with Crippen LogP contribution in [0.5, 0.6) is 0 Å². The van der Waals surface area contributed by atoms with Gasteiger partial charge in [0.15, 0.2) is 11.0 Å². The molecule has 5 rings (SSSR count). The first-order valence-corrected chi connectivity index (χ1v) is 15.1. The zero-order chi connectivity index (χ0) is 27.9. The van der Waals surface area contributed by atoms with Gasteiger partial charge in [0.1, 0.15) is 9.86 Å². The maximum Gasteiger partial charge on any atom is 0.331 e. The Balaban J connectivity index is 1.47. The number of thiophene rings is 1. The predicted octanol–water partition coefficient (Wildman–Crippen LogP) is 5.45. The van der Waals surface area contributed by atoms with Gasteiger partial charge in [0, 0.05) is 35.9 Å². The van der Waals surface area contributed by atoms with E-state index in [1.54, 1.807) is 25.3 Å². The first-order valence-electron chi connectivity index (χ1n) is 13.1. The molecular formula is C29H35N5O3S2. The second kappa shape index (κ2) is 10.8. The van der Waals surface area contributed by atoms with Crippen molar-refractivity contribution in [1.29, 1.82) is 0 Å². The number of anilines is 1. The van der Waals surface area contributed by atoms with Crippen LogP contribution in [0.2, 0.25) is 0 Å². The SMILES string of the molecule is CC(CN(C)C)n1ccc2c(-c3ccc4c(c3NC(=O)NS(=O)c3cc(C(C)(C)O)cs3)CCC4)ccnc21. The lowest BCUT2D eigenvalue weighted by atomic mass is 9.96. The molecule has 8 nitrogen and oxygen atoms in total. The van der Waals surface area contributed by atoms with E-state index in [0.29, 0.717) is 9.77 Å². The van der Waals surface area contributed by atoms with Gasteiger partial charge in [0.25, 0.3) is 0 Å². The van der Waals surface area contributed by atoms with Crippen molar-refractivity contribution in [2.45, 2.75) is 55.9 Å². The summed E-state index contributed by atoms with van der Waals surface area (Å²) >= 11 is 1.25. The first kappa shape index (κ1) is 27.5. The lowest BCUT2D eigenvalue weighted by molar-refractivity contribution is 0.0789. The number of amides is 2. The number of aromatic nitrogens is 2. The van der Waals surface area contributed by atoms with Gasteiger partial charge in [-0.25, -0.2) is 14.0 Å². The molecule has 1 aliphatic carbocycles. The van der Waals surface area contributed by atoms with E-state index >= 15 is 0 Å². The Hall–Kier alpha value is -3.05. The van der Waals surface area contributed by atoms with Crippen molar-refractivity contribution in [3.8, 4) is 11.1 Å². The molecule has 2 unspecified atom stereocenters. The molecule has 3 aromatic heterocycles. The third kappa shape index (κ3) is 5.65. The van der Waals surface area contributed by atoms with Crippen molar-refractivity contribution < 1.29 is 14.1 Å². The summed E-state index contributed by atoms with van der Waals surface area (Å²) in [6.07, 6.45) is 6.77. The van der Waals surface area contributed by atoms with Crippen LogP contribution in [0.25, 0.3) is 22.2 Å². The maximum atomic E-state index is 13.2. The molecule has 0 saturated carbocycles. The minimum atomic E-state index is -1.75. The summed E-state index contributed by atoms with van der Waals surface area (Å²) in [6, 6.07) is 9.69. The summed E-state index contributed by atoms with van der Waals surface area (Å²) in [5.41, 5.74) is 5.54. The van der Waals surface area contributed by atoms with Gasteiger partial charge < -0.3 is 19.9 Å². The Morgan fingerprint density at radius 2 is 2.03 bits per heavy atom. The lowest BCUT2D eigenvalue weighted by Crippen LogP contribution is -2.30. The van der Waals surface area contributed by atoms with Crippen molar-refractivity contribution in [1.82, 2.24) is 19.2 Å². The largest absolute Gasteiger partial charge is 0.386 e. The number of hydrogen-bond donors (Lipinski definition) is 3. The molecule has 0 spiro atoms. The maximum absolute atomic E-state index is 13.2. The second-order valence-corrected chi connectivity index (χ2v) is 13.3. The highest BCUT2D eigenvalue weighted by Crippen LogP contribution is 2.40. The van der Waals surface area contributed by atoms with Crippen LogP contribution in [0.15, 0.2) is 52.3 Å². The van der Waals surface area contributed by atoms with Crippen LogP contribution in [0.1, 0.15) is 49.9 Å². The third-order valence-electron chi connectivity index (χ3n) is 7.18. The minimum absolute atomic E-state index is 0.243. The van der Waals surface area contributed by atoms with E-state index in [2.05, 4.69) is 64.9 Å². The van der Waals surface area contributed by atoms with E-state index in [9.17, 15) is 14.1 Å². The molecule has 2 atom stereocenters. The van der Waals surface area contributed by atoms with E-state index in [0.717, 1.165) is 59.2 Å². The van der Waals surface area contributed by atoms with Crippen molar-refractivity contribution in [2.75, 3.05) is 26.0 Å². The number of likely N-dealkylation sites (N-methyl/N-ethyl adjacent to an activating group) is 1. The van der Waals surface area contributed by atoms with Crippen LogP contribution < -0.4 is 10.0 Å². The molecule has 3 heterocycles. The molecule has 4 aromatic rings. The average molecular weight is 566 g/mol. The summed E-state index contributed by atoms with van der Waals surface area (Å²) in [7, 11) is 2.37. The quantitative estimate of drug-likeness (QED) is 0.264. The third-order valence-corrected chi connectivity index (χ3v) is 9.50. The van der Waals surface area contributed by atoms with Crippen LogP contribution in [0.4, 0.5) is 10.5 Å². The van der Waals surface area contributed by atoms with Gasteiger partial charge >= 0.3 is 6.03 Å². The standard InChI is InChI=1S/C29H35N5O3S2/c1-18(16-33(4)5)34-14-12-24-22(11-13-30-27(24)34)23-10-9-19-7-6-8-21(19)26(23)31-28(35)32-39(37)25-15-20(17-38-25)29(2,3)36/h9-15,17-18,36H,6-8,16H2,1-5H3,(H2,31,32,35). The summed E-state index contributed by atoms with van der Waals surface area (Å²) in [5.74, 6) is 0. The van der Waals surface area contributed by atoms with Crippen LogP contribution in [0.3, 0.4) is 0 Å². The van der Waals surface area contributed by atoms with E-state index in [-0.39, 0.29) is 6.04 Å². The molecular weight excluding hydrogens is 530 g/mol. The number of nitrogens with one attached hydrogen (secondary N) is 2. The smallest absolute Gasteiger partial charge is 0.331 e. The number of carbonyl (C=O) groups excluding carboxylic acids is 1. The number of nitrogens with zero attached hydrogens (tertiary/aromatic N) is 3. The van der Waals surface area contributed by atoms with E-state index in [1.165, 1.54) is 16.9 Å². The highest BCUT2D eigenvalue weighted by Gasteiger charge is 2.24. The number of carbonyl (C=O) groups is 1. The van der Waals surface area contributed by atoms with E-state index < -0.39 is 22.6 Å². The van der Waals surface area contributed by atoms with Gasteiger partial charge in [-0.3, -0.25) is 4.72 Å². The Labute approximate surface area is 235 Å². The zero-order valence-electron chi connectivity index (χ0n) is 22.9. The van der Waals surface area contributed by atoms with Crippen LogP contribution in [0, 0.1) is 0 Å². The van der Waals surface area contributed by atoms with Crippen molar-refractivity contribution in [3.05, 3.63) is 64.8 Å². The van der Waals surface area contributed by atoms with Gasteiger partial charge in [-0.05, 0) is 100.0 Å². The molecule has 206 valence electrons. The molecule has 39 heavy (non-hydrogen) atoms.